The van der Waals surface area contributed by atoms with Gasteiger partial charge in [-0.15, -0.1) is 0 Å². The first-order valence-corrected chi connectivity index (χ1v) is 14.1. The third-order valence-corrected chi connectivity index (χ3v) is 7.00. The molecule has 0 atom stereocenters. The van der Waals surface area contributed by atoms with Gasteiger partial charge in [0.2, 0.25) is 0 Å². The van der Waals surface area contributed by atoms with Gasteiger partial charge in [-0.2, -0.15) is 5.26 Å². The van der Waals surface area contributed by atoms with Crippen LogP contribution in [0.15, 0.2) is 145 Å². The molecule has 0 aromatic heterocycles. The van der Waals surface area contributed by atoms with Crippen LogP contribution in [-0.2, 0) is 9.59 Å². The van der Waals surface area contributed by atoms with Crippen molar-refractivity contribution in [3.63, 3.8) is 0 Å². The number of carboxylic acid groups (broad SMARTS) is 2. The minimum absolute atomic E-state index is 0.342. The Kier molecular flexibility index (Phi) is 9.33. The van der Waals surface area contributed by atoms with E-state index in [1.165, 1.54) is 12.2 Å². The molecule has 8 nitrogen and oxygen atoms in total. The van der Waals surface area contributed by atoms with E-state index in [9.17, 15) is 19.8 Å². The van der Waals surface area contributed by atoms with Crippen molar-refractivity contribution in [2.45, 2.75) is 0 Å². The number of carbonyl (C=O) groups is 2. The molecule has 0 aliphatic carbocycles. The van der Waals surface area contributed by atoms with Gasteiger partial charge in [-0.25, -0.2) is 9.64 Å². The Bertz CT molecular complexity index is 1840. The summed E-state index contributed by atoms with van der Waals surface area (Å²) in [5.74, 6) is -2.55. The van der Waals surface area contributed by atoms with Crippen molar-refractivity contribution in [2.24, 2.45) is 0 Å². The van der Waals surface area contributed by atoms with Crippen LogP contribution in [0.2, 0.25) is 0 Å². The minimum Gasteiger partial charge on any atom is -0.486 e. The molecule has 5 aromatic carbocycles. The van der Waals surface area contributed by atoms with E-state index in [4.69, 9.17) is 11.8 Å². The van der Waals surface area contributed by atoms with Gasteiger partial charge in [-0.05, 0) is 96.1 Å². The van der Waals surface area contributed by atoms with Gasteiger partial charge in [0.05, 0.1) is 6.57 Å². The molecule has 0 saturated heterocycles. The molecule has 46 heavy (non-hydrogen) atoms. The van der Waals surface area contributed by atoms with Gasteiger partial charge in [0, 0.05) is 34.1 Å². The summed E-state index contributed by atoms with van der Waals surface area (Å²) in [5, 5.41) is 27.6. The second-order valence-corrected chi connectivity index (χ2v) is 9.96. The van der Waals surface area contributed by atoms with E-state index >= 15 is 0 Å². The second-order valence-electron chi connectivity index (χ2n) is 9.96. The van der Waals surface area contributed by atoms with Crippen LogP contribution in [0.4, 0.5) is 34.1 Å². The van der Waals surface area contributed by atoms with Crippen molar-refractivity contribution in [3.8, 4) is 6.07 Å². The lowest BCUT2D eigenvalue weighted by Crippen LogP contribution is -2.12. The standard InChI is InChI=1S/C38H26N4O4/c1-40-36(38(45)46)25-28-14-18-33(19-15-28)42(31-10-6-3-7-11-31)35-22-20-34(21-23-35)41(30-8-4-2-5-9-30)32-16-12-27(13-17-32)24-29(26-39)37(43)44/h2-25H,(H,43,44)(H,45,46)/b29-24+,36-25+. The van der Waals surface area contributed by atoms with E-state index in [1.807, 2.05) is 109 Å². The van der Waals surface area contributed by atoms with Gasteiger partial charge in [-0.3, -0.25) is 4.79 Å². The molecule has 0 heterocycles. The number of nitriles is 1. The van der Waals surface area contributed by atoms with Gasteiger partial charge in [0.15, 0.2) is 0 Å². The van der Waals surface area contributed by atoms with E-state index in [2.05, 4.69) is 14.6 Å². The molecular weight excluding hydrogens is 576 g/mol. The smallest absolute Gasteiger partial charge is 0.346 e. The molecule has 0 fully saturated rings. The van der Waals surface area contributed by atoms with Crippen molar-refractivity contribution in [1.29, 1.82) is 5.26 Å². The first-order chi connectivity index (χ1) is 22.4. The monoisotopic (exact) mass is 602 g/mol. The normalized spacial score (nSPS) is 11.2. The number of hydrogen-bond acceptors (Lipinski definition) is 5. The lowest BCUT2D eigenvalue weighted by Gasteiger charge is -2.28. The molecule has 0 amide bonds. The molecule has 222 valence electrons. The fourth-order valence-electron chi connectivity index (χ4n) is 4.85. The number of aliphatic carboxylic acids is 2. The molecule has 0 spiro atoms. The summed E-state index contributed by atoms with van der Waals surface area (Å²) in [7, 11) is 0. The summed E-state index contributed by atoms with van der Waals surface area (Å²) in [4.78, 5) is 29.8. The predicted molar refractivity (Wildman–Crippen MR) is 179 cm³/mol. The fraction of sp³-hybridized carbons (Fsp3) is 0. The average Bonchev–Trinajstić information content (AvgIpc) is 3.09. The zero-order valence-electron chi connectivity index (χ0n) is 24.4. The average molecular weight is 603 g/mol. The van der Waals surface area contributed by atoms with Crippen LogP contribution in [0.1, 0.15) is 11.1 Å². The van der Waals surface area contributed by atoms with E-state index in [0.717, 1.165) is 34.1 Å². The van der Waals surface area contributed by atoms with Crippen molar-refractivity contribution >= 4 is 58.2 Å². The summed E-state index contributed by atoms with van der Waals surface area (Å²) < 4.78 is 0. The minimum atomic E-state index is -1.28. The molecule has 0 saturated carbocycles. The molecule has 5 rings (SSSR count). The Morgan fingerprint density at radius 2 is 0.913 bits per heavy atom. The number of para-hydroxylation sites is 2. The first-order valence-electron chi connectivity index (χ1n) is 14.1. The van der Waals surface area contributed by atoms with E-state index < -0.39 is 11.9 Å². The Morgan fingerprint density at radius 3 is 1.24 bits per heavy atom. The molecule has 0 aliphatic rings. The number of benzene rings is 5. The van der Waals surface area contributed by atoms with Crippen LogP contribution < -0.4 is 9.80 Å². The van der Waals surface area contributed by atoms with E-state index in [-0.39, 0.29) is 11.3 Å². The van der Waals surface area contributed by atoms with Crippen molar-refractivity contribution < 1.29 is 19.8 Å². The van der Waals surface area contributed by atoms with Crippen LogP contribution in [-0.4, -0.2) is 22.2 Å². The summed E-state index contributed by atoms with van der Waals surface area (Å²) in [6.07, 6.45) is 2.68. The highest BCUT2D eigenvalue weighted by Gasteiger charge is 2.16. The predicted octanol–water partition coefficient (Wildman–Crippen LogP) is 8.96. The third-order valence-electron chi connectivity index (χ3n) is 7.00. The van der Waals surface area contributed by atoms with Crippen LogP contribution in [0.5, 0.6) is 0 Å². The topological polar surface area (TPSA) is 109 Å². The lowest BCUT2D eigenvalue weighted by molar-refractivity contribution is -0.133. The molecule has 0 aliphatic heterocycles. The molecule has 8 heteroatoms. The molecule has 5 aromatic rings. The maximum atomic E-state index is 11.3. The van der Waals surface area contributed by atoms with Gasteiger partial charge in [-0.1, -0.05) is 60.7 Å². The lowest BCUT2D eigenvalue weighted by atomic mass is 10.1. The molecule has 0 bridgehead atoms. The molecular formula is C38H26N4O4. The van der Waals surface area contributed by atoms with E-state index in [0.29, 0.717) is 11.1 Å². The van der Waals surface area contributed by atoms with Gasteiger partial charge in [0.1, 0.15) is 11.6 Å². The highest BCUT2D eigenvalue weighted by molar-refractivity contribution is 5.96. The third kappa shape index (κ3) is 7.00. The maximum Gasteiger partial charge on any atom is 0.346 e. The number of nitrogens with zero attached hydrogens (tertiary/aromatic N) is 4. The van der Waals surface area contributed by atoms with Crippen molar-refractivity contribution in [2.75, 3.05) is 9.80 Å². The number of carboxylic acids is 2. The van der Waals surface area contributed by atoms with Gasteiger partial charge in [0.25, 0.3) is 5.70 Å². The molecule has 0 radical (unpaired) electrons. The Labute approximate surface area is 266 Å². The largest absolute Gasteiger partial charge is 0.486 e. The number of anilines is 6. The van der Waals surface area contributed by atoms with Crippen molar-refractivity contribution in [3.05, 3.63) is 167 Å². The molecule has 2 N–H and O–H groups in total. The van der Waals surface area contributed by atoms with Gasteiger partial charge < -0.3 is 20.0 Å². The second kappa shape index (κ2) is 14.0. The Morgan fingerprint density at radius 1 is 0.565 bits per heavy atom. The van der Waals surface area contributed by atoms with Crippen molar-refractivity contribution in [1.82, 2.24) is 0 Å². The summed E-state index contributed by atoms with van der Waals surface area (Å²) in [5.41, 5.74) is 5.80. The number of hydrogen-bond donors (Lipinski definition) is 2. The Hall–Kier alpha value is -6.90. The first kappa shape index (κ1) is 30.6. The number of rotatable bonds is 10. The van der Waals surface area contributed by atoms with E-state index in [1.54, 1.807) is 30.3 Å². The van der Waals surface area contributed by atoms with Crippen LogP contribution >= 0.6 is 0 Å². The van der Waals surface area contributed by atoms with Crippen LogP contribution in [0.3, 0.4) is 0 Å². The zero-order valence-corrected chi connectivity index (χ0v) is 24.4. The SMILES string of the molecule is [C-]#[N+]/C(=C/c1ccc(N(c2ccccc2)c2ccc(N(c3ccccc3)c3ccc(/C=C(\C#N)C(=O)O)cc3)cc2)cc1)C(=O)O. The summed E-state index contributed by atoms with van der Waals surface area (Å²) >= 11 is 0. The van der Waals surface area contributed by atoms with Crippen LogP contribution in [0.25, 0.3) is 17.0 Å². The van der Waals surface area contributed by atoms with Gasteiger partial charge >= 0.3 is 11.9 Å². The Balaban J connectivity index is 1.52. The maximum absolute atomic E-state index is 11.3. The summed E-state index contributed by atoms with van der Waals surface area (Å²) in [6.45, 7) is 7.12. The summed E-state index contributed by atoms with van der Waals surface area (Å²) in [6, 6.07) is 44.0. The fourth-order valence-corrected chi connectivity index (χ4v) is 4.85. The highest BCUT2D eigenvalue weighted by atomic mass is 16.4. The zero-order chi connectivity index (χ0) is 32.5. The molecule has 0 unspecified atom stereocenters. The highest BCUT2D eigenvalue weighted by Crippen LogP contribution is 2.39. The van der Waals surface area contributed by atoms with Crippen LogP contribution in [0, 0.1) is 17.9 Å². The quantitative estimate of drug-likeness (QED) is 0.0933.